The first-order valence-corrected chi connectivity index (χ1v) is 10.7. The summed E-state index contributed by atoms with van der Waals surface area (Å²) in [5, 5.41) is 50.7. The van der Waals surface area contributed by atoms with Crippen molar-refractivity contribution in [1.29, 1.82) is 0 Å². The Morgan fingerprint density at radius 3 is 2.08 bits per heavy atom. The molecule has 0 saturated carbocycles. The number of benzene rings is 2. The van der Waals surface area contributed by atoms with E-state index in [1.807, 2.05) is 0 Å². The minimum absolute atomic E-state index is 0.00116. The first kappa shape index (κ1) is 25.6. The van der Waals surface area contributed by atoms with Gasteiger partial charge in [0.15, 0.2) is 22.8 Å². The Kier molecular flexibility index (Phi) is 7.02. The fourth-order valence-electron chi connectivity index (χ4n) is 4.10. The average molecular weight is 510 g/mol. The molecule has 196 valence electrons. The Morgan fingerprint density at radius 1 is 0.861 bits per heavy atom. The quantitative estimate of drug-likeness (QED) is 0.265. The maximum absolute atomic E-state index is 13.5. The number of rotatable bonds is 7. The van der Waals surface area contributed by atoms with Crippen LogP contribution in [-0.4, -0.2) is 91.3 Å². The second-order valence-corrected chi connectivity index (χ2v) is 7.90. The van der Waals surface area contributed by atoms with Gasteiger partial charge in [-0.3, -0.25) is 4.79 Å². The summed E-state index contributed by atoms with van der Waals surface area (Å²) in [4.78, 5) is 13.5. The van der Waals surface area contributed by atoms with Gasteiger partial charge in [0.1, 0.15) is 35.4 Å². The van der Waals surface area contributed by atoms with Gasteiger partial charge in [0.05, 0.1) is 40.4 Å². The van der Waals surface area contributed by atoms with E-state index in [1.54, 1.807) is 0 Å². The Balaban J connectivity index is 1.93. The van der Waals surface area contributed by atoms with Crippen molar-refractivity contribution in [2.45, 2.75) is 30.7 Å². The van der Waals surface area contributed by atoms with E-state index in [9.17, 15) is 30.3 Å². The van der Waals surface area contributed by atoms with Crippen molar-refractivity contribution in [3.05, 3.63) is 22.4 Å². The minimum atomic E-state index is -1.76. The minimum Gasteiger partial charge on any atom is -0.502 e. The Bertz CT molecular complexity index is 1330. The number of phenolic OH excluding ortho intramolecular Hbond substituents is 1. The van der Waals surface area contributed by atoms with E-state index in [0.29, 0.717) is 0 Å². The van der Waals surface area contributed by atoms with Gasteiger partial charge in [0.2, 0.25) is 29.0 Å². The van der Waals surface area contributed by atoms with E-state index in [4.69, 9.17) is 32.8 Å². The van der Waals surface area contributed by atoms with E-state index in [-0.39, 0.29) is 50.7 Å². The summed E-state index contributed by atoms with van der Waals surface area (Å²) in [5.41, 5.74) is -0.875. The lowest BCUT2D eigenvalue weighted by atomic mass is 9.99. The molecular weight excluding hydrogens is 484 g/mol. The summed E-state index contributed by atoms with van der Waals surface area (Å²) in [6.45, 7) is -0.681. The van der Waals surface area contributed by atoms with Crippen LogP contribution in [0.25, 0.3) is 21.9 Å². The van der Waals surface area contributed by atoms with Gasteiger partial charge < -0.3 is 58.4 Å². The van der Waals surface area contributed by atoms with Gasteiger partial charge in [0.25, 0.3) is 0 Å². The molecule has 0 radical (unpaired) electrons. The summed E-state index contributed by atoms with van der Waals surface area (Å²) in [7, 11) is 5.36. The molecule has 2 aromatic carbocycles. The number of aliphatic hydroxyl groups is 4. The fraction of sp³-hybridized carbons (Fsp3) is 0.435. The standard InChI is InChI=1S/C23H26O13/c1-30-10-5-8-14(25)13-9(6-11(31-2)21(32-3)22(13)33-4)34-19(8)18(29)20(10)36-23-17(28)16(27)15(26)12(7-24)35-23/h5-6,12,15-17,23-24,26-29H,7H2,1-4H3. The molecule has 0 amide bonds. The lowest BCUT2D eigenvalue weighted by Gasteiger charge is -2.39. The molecule has 1 aliphatic rings. The van der Waals surface area contributed by atoms with Crippen molar-refractivity contribution >= 4 is 21.9 Å². The molecule has 2 heterocycles. The number of methoxy groups -OCH3 is 4. The largest absolute Gasteiger partial charge is 0.502 e. The molecule has 1 aromatic heterocycles. The molecule has 0 aliphatic carbocycles. The van der Waals surface area contributed by atoms with Gasteiger partial charge in [-0.2, -0.15) is 0 Å². The third-order valence-corrected chi connectivity index (χ3v) is 5.95. The van der Waals surface area contributed by atoms with Crippen LogP contribution < -0.4 is 29.1 Å². The van der Waals surface area contributed by atoms with Gasteiger partial charge >= 0.3 is 0 Å². The van der Waals surface area contributed by atoms with Crippen LogP contribution in [0.2, 0.25) is 0 Å². The Labute approximate surface area is 203 Å². The predicted molar refractivity (Wildman–Crippen MR) is 122 cm³/mol. The Hall–Kier alpha value is -3.49. The van der Waals surface area contributed by atoms with Gasteiger partial charge in [0, 0.05) is 6.07 Å². The van der Waals surface area contributed by atoms with Gasteiger partial charge in [-0.15, -0.1) is 0 Å². The second kappa shape index (κ2) is 9.87. The van der Waals surface area contributed by atoms with Crippen LogP contribution in [0.3, 0.4) is 0 Å². The highest BCUT2D eigenvalue weighted by atomic mass is 16.7. The van der Waals surface area contributed by atoms with Crippen molar-refractivity contribution in [1.82, 2.24) is 0 Å². The molecule has 3 aromatic rings. The van der Waals surface area contributed by atoms with Crippen LogP contribution in [0.1, 0.15) is 0 Å². The number of aromatic hydroxyl groups is 1. The number of fused-ring (bicyclic) bond motifs is 2. The predicted octanol–water partition coefficient (Wildman–Crippen LogP) is -0.135. The molecule has 0 bridgehead atoms. The lowest BCUT2D eigenvalue weighted by Crippen LogP contribution is -2.60. The van der Waals surface area contributed by atoms with E-state index in [0.717, 1.165) is 0 Å². The van der Waals surface area contributed by atoms with Crippen molar-refractivity contribution < 1.29 is 58.4 Å². The summed E-state index contributed by atoms with van der Waals surface area (Å²) < 4.78 is 38.1. The molecule has 4 rings (SSSR count). The van der Waals surface area contributed by atoms with Crippen LogP contribution in [0, 0.1) is 0 Å². The molecule has 5 unspecified atom stereocenters. The number of hydrogen-bond donors (Lipinski definition) is 5. The third kappa shape index (κ3) is 3.90. The molecule has 1 fully saturated rings. The monoisotopic (exact) mass is 510 g/mol. The third-order valence-electron chi connectivity index (χ3n) is 5.95. The van der Waals surface area contributed by atoms with E-state index in [1.165, 1.54) is 40.6 Å². The average Bonchev–Trinajstić information content (AvgIpc) is 2.89. The number of aliphatic hydroxyl groups excluding tert-OH is 4. The van der Waals surface area contributed by atoms with E-state index in [2.05, 4.69) is 0 Å². The van der Waals surface area contributed by atoms with Crippen molar-refractivity contribution in [2.24, 2.45) is 0 Å². The molecule has 5 atom stereocenters. The zero-order chi connectivity index (χ0) is 26.3. The number of phenols is 1. The zero-order valence-electron chi connectivity index (χ0n) is 19.8. The van der Waals surface area contributed by atoms with Crippen LogP contribution in [0.4, 0.5) is 0 Å². The maximum atomic E-state index is 13.5. The van der Waals surface area contributed by atoms with Gasteiger partial charge in [-0.05, 0) is 6.07 Å². The molecule has 13 nitrogen and oxygen atoms in total. The normalized spacial score (nSPS) is 24.1. The topological polar surface area (TPSA) is 187 Å². The molecular formula is C23H26O13. The molecule has 5 N–H and O–H groups in total. The summed E-state index contributed by atoms with van der Waals surface area (Å²) in [5.74, 6) is -0.767. The second-order valence-electron chi connectivity index (χ2n) is 7.90. The maximum Gasteiger partial charge on any atom is 0.229 e. The van der Waals surface area contributed by atoms with Crippen molar-refractivity contribution in [3.8, 4) is 34.5 Å². The van der Waals surface area contributed by atoms with Gasteiger partial charge in [-0.1, -0.05) is 0 Å². The highest BCUT2D eigenvalue weighted by Gasteiger charge is 2.45. The SMILES string of the molecule is COc1cc2c(=O)c3c(OC)c(OC)c(OC)cc3oc2c(O)c1OC1OC(CO)C(O)C(O)C1O. The molecule has 1 saturated heterocycles. The molecule has 0 spiro atoms. The Morgan fingerprint density at radius 2 is 1.50 bits per heavy atom. The molecule has 13 heteroatoms. The van der Waals surface area contributed by atoms with Crippen LogP contribution in [0.15, 0.2) is 21.3 Å². The fourth-order valence-corrected chi connectivity index (χ4v) is 4.10. The summed E-state index contributed by atoms with van der Waals surface area (Å²) in [6, 6.07) is 2.63. The van der Waals surface area contributed by atoms with Crippen LogP contribution >= 0.6 is 0 Å². The van der Waals surface area contributed by atoms with Crippen molar-refractivity contribution in [3.63, 3.8) is 0 Å². The lowest BCUT2D eigenvalue weighted by molar-refractivity contribution is -0.277. The number of hydrogen-bond acceptors (Lipinski definition) is 13. The first-order chi connectivity index (χ1) is 17.2. The van der Waals surface area contributed by atoms with E-state index < -0.39 is 48.5 Å². The number of ether oxygens (including phenoxy) is 6. The highest BCUT2D eigenvalue weighted by Crippen LogP contribution is 2.47. The molecule has 1 aliphatic heterocycles. The van der Waals surface area contributed by atoms with Crippen molar-refractivity contribution in [2.75, 3.05) is 35.0 Å². The highest BCUT2D eigenvalue weighted by molar-refractivity contribution is 5.99. The van der Waals surface area contributed by atoms with E-state index >= 15 is 0 Å². The van der Waals surface area contributed by atoms with Crippen LogP contribution in [-0.2, 0) is 4.74 Å². The van der Waals surface area contributed by atoms with Gasteiger partial charge in [-0.25, -0.2) is 0 Å². The molecule has 36 heavy (non-hydrogen) atoms. The van der Waals surface area contributed by atoms with Crippen LogP contribution in [0.5, 0.6) is 34.5 Å². The summed E-state index contributed by atoms with van der Waals surface area (Å²) >= 11 is 0. The smallest absolute Gasteiger partial charge is 0.229 e. The zero-order valence-corrected chi connectivity index (χ0v) is 19.8. The summed E-state index contributed by atoms with van der Waals surface area (Å²) in [6.07, 6.45) is -7.96. The first-order valence-electron chi connectivity index (χ1n) is 10.7.